The van der Waals surface area contributed by atoms with Gasteiger partial charge in [0.15, 0.2) is 0 Å². The van der Waals surface area contributed by atoms with Crippen molar-refractivity contribution in [3.63, 3.8) is 0 Å². The van der Waals surface area contributed by atoms with Gasteiger partial charge in [0.25, 0.3) is 0 Å². The minimum absolute atomic E-state index is 0.890. The smallest absolute Gasteiger partial charge is 0.109 e. The fraction of sp³-hybridized carbons (Fsp3) is 0.0526. The van der Waals surface area contributed by atoms with Gasteiger partial charge in [0.2, 0.25) is 0 Å². The highest BCUT2D eigenvalue weighted by Gasteiger charge is 2.17. The van der Waals surface area contributed by atoms with Crippen LogP contribution in [-0.4, -0.2) is 17.9 Å². The van der Waals surface area contributed by atoms with Gasteiger partial charge in [-0.15, -0.1) is 0 Å². The van der Waals surface area contributed by atoms with Crippen LogP contribution in [0.15, 0.2) is 146 Å². The molecule has 0 fully saturated rings. The van der Waals surface area contributed by atoms with Crippen LogP contribution in [0.5, 0.6) is 0 Å². The average Bonchev–Trinajstić information content (AvgIpc) is 3.35. The van der Waals surface area contributed by atoms with Crippen LogP contribution in [0.25, 0.3) is 60.9 Å². The predicted octanol–water partition coefficient (Wildman–Crippen LogP) is 10.0. The maximum atomic E-state index is 13.0. The highest BCUT2D eigenvalue weighted by Crippen LogP contribution is 2.39. The fourth-order valence-corrected chi connectivity index (χ4v) is 6.63. The zero-order valence-corrected chi connectivity index (χ0v) is 24.1. The largest absolute Gasteiger partial charge is 0.319 e. The molecule has 41 heavy (non-hydrogen) atoms. The van der Waals surface area contributed by atoms with Crippen LogP contribution in [0.4, 0.5) is 0 Å². The summed E-state index contributed by atoms with van der Waals surface area (Å²) in [6.45, 7) is 3.67. The molecule has 0 atom stereocenters. The van der Waals surface area contributed by atoms with Crippen LogP contribution >= 0.6 is 7.14 Å². The molecule has 1 heterocycles. The van der Waals surface area contributed by atoms with Gasteiger partial charge in [-0.3, -0.25) is 0 Å². The first kappa shape index (κ1) is 25.3. The zero-order chi connectivity index (χ0) is 28.0. The van der Waals surface area contributed by atoms with E-state index in [4.69, 9.17) is 0 Å². The van der Waals surface area contributed by atoms with E-state index in [1.54, 1.807) is 0 Å². The van der Waals surface area contributed by atoms with Gasteiger partial charge in [0.05, 0.1) is 11.0 Å². The molecule has 0 bridgehead atoms. The van der Waals surface area contributed by atoms with Gasteiger partial charge in [-0.05, 0) is 83.1 Å². The summed E-state index contributed by atoms with van der Waals surface area (Å²) in [5.74, 6) is 0. The minimum atomic E-state index is -2.40. The van der Waals surface area contributed by atoms with Crippen molar-refractivity contribution in [2.75, 3.05) is 13.3 Å². The summed E-state index contributed by atoms with van der Waals surface area (Å²) >= 11 is 0. The van der Waals surface area contributed by atoms with Crippen LogP contribution in [0.3, 0.4) is 0 Å². The molecule has 7 aromatic rings. The third kappa shape index (κ3) is 4.71. The topological polar surface area (TPSA) is 22.0 Å². The lowest BCUT2D eigenvalue weighted by molar-refractivity contribution is 0.588. The lowest BCUT2D eigenvalue weighted by atomic mass is 9.98. The molecular weight excluding hydrogens is 517 g/mol. The highest BCUT2D eigenvalue weighted by atomic mass is 31.2. The number of fused-ring (bicyclic) bond motifs is 3. The second kappa shape index (κ2) is 10.1. The normalized spacial score (nSPS) is 11.8. The van der Waals surface area contributed by atoms with Crippen molar-refractivity contribution in [2.45, 2.75) is 0 Å². The molecule has 0 saturated heterocycles. The van der Waals surface area contributed by atoms with Crippen LogP contribution < -0.4 is 5.30 Å². The lowest BCUT2D eigenvalue weighted by Gasteiger charge is -2.12. The maximum Gasteiger partial charge on any atom is 0.109 e. The molecule has 0 aliphatic carbocycles. The Kier molecular flexibility index (Phi) is 6.22. The Hall–Kier alpha value is -4.65. The third-order valence-electron chi connectivity index (χ3n) is 7.91. The molecule has 2 nitrogen and oxygen atoms in total. The van der Waals surface area contributed by atoms with E-state index in [1.807, 2.05) is 31.5 Å². The summed E-state index contributed by atoms with van der Waals surface area (Å²) < 4.78 is 15.3. The molecule has 198 valence electrons. The van der Waals surface area contributed by atoms with Gasteiger partial charge in [-0.1, -0.05) is 109 Å². The Morgan fingerprint density at radius 2 is 0.878 bits per heavy atom. The number of rotatable bonds is 5. The molecule has 6 aromatic carbocycles. The third-order valence-corrected chi connectivity index (χ3v) is 9.43. The van der Waals surface area contributed by atoms with E-state index < -0.39 is 7.14 Å². The summed E-state index contributed by atoms with van der Waals surface area (Å²) in [5.41, 5.74) is 10.5. The molecule has 0 radical (unpaired) electrons. The van der Waals surface area contributed by atoms with E-state index in [-0.39, 0.29) is 0 Å². The molecule has 0 amide bonds. The number of hydrogen-bond donors (Lipinski definition) is 0. The van der Waals surface area contributed by atoms with Crippen molar-refractivity contribution < 1.29 is 4.57 Å². The number of nitrogens with zero attached hydrogens (tertiary/aromatic N) is 1. The van der Waals surface area contributed by atoms with E-state index in [0.717, 1.165) is 22.0 Å². The van der Waals surface area contributed by atoms with Crippen molar-refractivity contribution in [3.05, 3.63) is 146 Å². The van der Waals surface area contributed by atoms with Gasteiger partial charge in [-0.2, -0.15) is 0 Å². The van der Waals surface area contributed by atoms with E-state index in [2.05, 4.69) is 132 Å². The summed E-state index contributed by atoms with van der Waals surface area (Å²) in [5, 5.41) is 3.29. The Bertz CT molecular complexity index is 2070. The lowest BCUT2D eigenvalue weighted by Crippen LogP contribution is -2.05. The van der Waals surface area contributed by atoms with Crippen molar-refractivity contribution in [2.24, 2.45) is 0 Å². The molecule has 0 aliphatic heterocycles. The predicted molar refractivity (Wildman–Crippen MR) is 176 cm³/mol. The average molecular weight is 548 g/mol. The van der Waals surface area contributed by atoms with Crippen molar-refractivity contribution in [1.29, 1.82) is 0 Å². The van der Waals surface area contributed by atoms with Crippen LogP contribution in [0.2, 0.25) is 0 Å². The second-order valence-corrected chi connectivity index (χ2v) is 14.2. The second-order valence-electron chi connectivity index (χ2n) is 11.0. The molecule has 0 N–H and O–H groups in total. The van der Waals surface area contributed by atoms with Crippen LogP contribution in [-0.2, 0) is 4.57 Å². The van der Waals surface area contributed by atoms with Gasteiger partial charge >= 0.3 is 0 Å². The molecule has 0 aliphatic rings. The molecule has 3 heteroatoms. The maximum absolute atomic E-state index is 13.0. The summed E-state index contributed by atoms with van der Waals surface area (Å²) in [6, 6.07) is 51.5. The summed E-state index contributed by atoms with van der Waals surface area (Å²) in [7, 11) is -2.40. The Morgan fingerprint density at radius 1 is 0.439 bits per heavy atom. The molecule has 7 rings (SSSR count). The number of aromatic nitrogens is 1. The number of benzene rings is 6. The Morgan fingerprint density at radius 3 is 1.39 bits per heavy atom. The van der Waals surface area contributed by atoms with Crippen molar-refractivity contribution in [1.82, 2.24) is 4.57 Å². The standard InChI is InChI=1S/C38H30NOP/c1-41(2,40)34-15-9-14-33(26-34)39-37-22-20-31(28-12-7-4-8-13-28)24-35(37)36-25-32(21-23-38(36)39)30-18-16-29(17-19-30)27-10-5-3-6-11-27/h3-26H,1-2H3. The van der Waals surface area contributed by atoms with E-state index >= 15 is 0 Å². The molecule has 1 aromatic heterocycles. The first-order chi connectivity index (χ1) is 20.0. The first-order valence-electron chi connectivity index (χ1n) is 13.9. The zero-order valence-electron chi connectivity index (χ0n) is 23.2. The quantitative estimate of drug-likeness (QED) is 0.197. The highest BCUT2D eigenvalue weighted by molar-refractivity contribution is 7.70. The van der Waals surface area contributed by atoms with Crippen LogP contribution in [0, 0.1) is 0 Å². The Balaban J connectivity index is 1.43. The van der Waals surface area contributed by atoms with E-state index in [9.17, 15) is 4.57 Å². The van der Waals surface area contributed by atoms with E-state index in [1.165, 1.54) is 44.2 Å². The van der Waals surface area contributed by atoms with Gasteiger partial charge in [0.1, 0.15) is 7.14 Å². The van der Waals surface area contributed by atoms with Crippen molar-refractivity contribution >= 4 is 34.3 Å². The fourth-order valence-electron chi connectivity index (χ4n) is 5.74. The van der Waals surface area contributed by atoms with Crippen LogP contribution in [0.1, 0.15) is 0 Å². The molecule has 0 saturated carbocycles. The monoisotopic (exact) mass is 547 g/mol. The SMILES string of the molecule is CP(C)(=O)c1cccc(-n2c3ccc(-c4ccccc4)cc3c3cc(-c4ccc(-c5ccccc5)cc4)ccc32)c1. The summed E-state index contributed by atoms with van der Waals surface area (Å²) in [6.07, 6.45) is 0. The molecule has 0 unspecified atom stereocenters. The Labute approximate surface area is 240 Å². The van der Waals surface area contributed by atoms with Gasteiger partial charge < -0.3 is 9.13 Å². The van der Waals surface area contributed by atoms with Gasteiger partial charge in [0, 0.05) is 21.8 Å². The first-order valence-corrected chi connectivity index (χ1v) is 16.5. The van der Waals surface area contributed by atoms with E-state index in [0.29, 0.717) is 0 Å². The molecular formula is C38H30NOP. The molecule has 0 spiro atoms. The van der Waals surface area contributed by atoms with Gasteiger partial charge in [-0.25, -0.2) is 0 Å². The summed E-state index contributed by atoms with van der Waals surface area (Å²) in [4.78, 5) is 0. The number of hydrogen-bond acceptors (Lipinski definition) is 1. The minimum Gasteiger partial charge on any atom is -0.319 e. The van der Waals surface area contributed by atoms with Crippen molar-refractivity contribution in [3.8, 4) is 39.1 Å².